The Morgan fingerprint density at radius 3 is 0.677 bits per heavy atom. The van der Waals surface area contributed by atoms with E-state index in [2.05, 4.69) is 31.9 Å². The van der Waals surface area contributed by atoms with Crippen molar-refractivity contribution >= 4 is 134 Å². The van der Waals surface area contributed by atoms with Crippen molar-refractivity contribution in [2.24, 2.45) is 0 Å². The molecule has 93 heavy (non-hydrogen) atoms. The lowest BCUT2D eigenvalue weighted by molar-refractivity contribution is -0.258. The second-order valence-corrected chi connectivity index (χ2v) is 27.0. The Morgan fingerprint density at radius 1 is 0.301 bits per heavy atom. The summed E-state index contributed by atoms with van der Waals surface area (Å²) < 4.78 is 241. The Kier molecular flexibility index (Phi) is 24.0. The molecule has 0 aliphatic heterocycles. The minimum atomic E-state index is -5.07. The van der Waals surface area contributed by atoms with Gasteiger partial charge in [0.1, 0.15) is 0 Å². The molecule has 0 heterocycles. The molecule has 0 spiro atoms. The van der Waals surface area contributed by atoms with Crippen LogP contribution in [-0.4, -0.2) is 67.7 Å². The summed E-state index contributed by atoms with van der Waals surface area (Å²) in [6, 6.07) is 12.8. The number of aliphatic hydroxyl groups is 6. The van der Waals surface area contributed by atoms with Gasteiger partial charge in [0.15, 0.2) is 33.6 Å². The summed E-state index contributed by atoms with van der Waals surface area (Å²) in [7, 11) is 0. The van der Waals surface area contributed by atoms with Gasteiger partial charge in [0.05, 0.1) is 0 Å². The number of hydrogen-bond acceptors (Lipinski definition) is 12. The largest absolute Gasteiger partial charge is 0.421 e. The van der Waals surface area contributed by atoms with Crippen LogP contribution in [0.5, 0.6) is 0 Å². The average Bonchev–Trinajstić information content (AvgIpc) is 0.793. The predicted octanol–water partition coefficient (Wildman–Crippen LogP) is 16.0. The SMILES string of the molecule is CC(O)(c1cc(Cc2cc(C(C)(O)C(F)(F)F)c(N)cc2Br)c(Br)cc1N)C(F)(F)F.CC(O)(c1cc(Cc2cc(C(C)(O)C(F)(F)F)c(N)cc2Cl)c(Cl)cc1N)C(F)(F)F.CC(O)(c1cc(Cc2cc(C(C)(O)C(F)(F)F)c(N)cc2I)c(I)cc1N)C(F)(F)F. The van der Waals surface area contributed by atoms with Crippen LogP contribution in [0.3, 0.4) is 0 Å². The number of alkyl halides is 18. The molecule has 0 radical (unpaired) electrons. The summed E-state index contributed by atoms with van der Waals surface area (Å²) >= 11 is 22.1. The molecular weight excluding hydrogens is 1690 g/mol. The standard InChI is InChI=1S/C19H18Br2F6N2O2.C19H18Cl2F6N2O2.C19H18F6I2N2O2/c2*1-16(30,18(22,23)24)10-4-8(12(20)6-14(10)28)3-9-5-11(15(29)7-13(9)21)17(2,31)19(25,26)27;1-16(30,18(20,21)22)10-4-8(12(26)6-14(10)28)3-9-5-11(15(29)7-13(9)27)17(2,31)19(23,24)25/h3*4-7,30-31H,3,28-29H2,1-2H3. The first kappa shape index (κ1) is 81.1. The van der Waals surface area contributed by atoms with Crippen molar-refractivity contribution in [3.63, 3.8) is 0 Å². The maximum absolute atomic E-state index is 13.3. The van der Waals surface area contributed by atoms with E-state index in [9.17, 15) is 110 Å². The van der Waals surface area contributed by atoms with Gasteiger partial charge in [-0.05, 0) is 206 Å². The van der Waals surface area contributed by atoms with Crippen molar-refractivity contribution in [2.75, 3.05) is 34.4 Å². The Morgan fingerprint density at radius 2 is 0.462 bits per heavy atom. The zero-order chi connectivity index (χ0) is 72.5. The molecule has 0 saturated heterocycles. The molecule has 6 rings (SSSR count). The van der Waals surface area contributed by atoms with Crippen molar-refractivity contribution in [3.05, 3.63) is 166 Å². The number of nitrogens with two attached hydrogens (primary N) is 6. The molecule has 6 atom stereocenters. The highest BCUT2D eigenvalue weighted by molar-refractivity contribution is 14.1. The van der Waals surface area contributed by atoms with E-state index in [1.165, 1.54) is 24.3 Å². The van der Waals surface area contributed by atoms with Gasteiger partial charge in [-0.25, -0.2) is 0 Å². The Bertz CT molecular complexity index is 3170. The summed E-state index contributed by atoms with van der Waals surface area (Å²) in [4.78, 5) is 0. The molecule has 0 amide bonds. The zero-order valence-electron chi connectivity index (χ0n) is 48.3. The van der Waals surface area contributed by atoms with Crippen LogP contribution in [0.2, 0.25) is 10.0 Å². The monoisotopic (exact) mass is 1740 g/mol. The van der Waals surface area contributed by atoms with Crippen LogP contribution in [-0.2, 0) is 52.9 Å². The minimum Gasteiger partial charge on any atom is -0.398 e. The Balaban J connectivity index is 0.000000297. The molecular formula is C57H54Br2Cl2F18I2N6O6. The Hall–Kier alpha value is -4.38. The third-order valence-corrected chi connectivity index (χ3v) is 19.1. The average molecular weight is 1750 g/mol. The van der Waals surface area contributed by atoms with Crippen molar-refractivity contribution in [1.82, 2.24) is 0 Å². The fraction of sp³-hybridized carbons (Fsp3) is 0.368. The van der Waals surface area contributed by atoms with E-state index in [0.717, 1.165) is 48.5 Å². The van der Waals surface area contributed by atoms with Crippen LogP contribution in [0.4, 0.5) is 113 Å². The first-order chi connectivity index (χ1) is 41.4. The van der Waals surface area contributed by atoms with Crippen LogP contribution < -0.4 is 34.4 Å². The Labute approximate surface area is 571 Å². The first-order valence-electron chi connectivity index (χ1n) is 25.7. The molecule has 18 N–H and O–H groups in total. The van der Waals surface area contributed by atoms with E-state index < -0.39 is 115 Å². The van der Waals surface area contributed by atoms with Crippen molar-refractivity contribution in [3.8, 4) is 0 Å². The highest BCUT2D eigenvalue weighted by atomic mass is 127. The third kappa shape index (κ3) is 17.1. The van der Waals surface area contributed by atoms with Crippen molar-refractivity contribution in [2.45, 2.75) is 131 Å². The van der Waals surface area contributed by atoms with Crippen LogP contribution in [0.15, 0.2) is 81.7 Å². The van der Waals surface area contributed by atoms with Gasteiger partial charge in [0.2, 0.25) is 0 Å². The summed E-state index contributed by atoms with van der Waals surface area (Å²) in [6.45, 7) is 3.25. The second-order valence-electron chi connectivity index (χ2n) is 22.1. The summed E-state index contributed by atoms with van der Waals surface area (Å²) in [5.74, 6) is 0. The zero-order valence-corrected chi connectivity index (χ0v) is 57.3. The lowest BCUT2D eigenvalue weighted by Gasteiger charge is -2.29. The van der Waals surface area contributed by atoms with Gasteiger partial charge in [-0.1, -0.05) is 55.1 Å². The minimum absolute atomic E-state index is 0.000311. The fourth-order valence-electron chi connectivity index (χ4n) is 8.67. The maximum Gasteiger partial charge on any atom is 0.421 e. The summed E-state index contributed by atoms with van der Waals surface area (Å²) in [6.07, 6.45) is -30.8. The maximum atomic E-state index is 13.3. The number of hydrogen-bond donors (Lipinski definition) is 12. The lowest BCUT2D eigenvalue weighted by Crippen LogP contribution is -2.40. The van der Waals surface area contributed by atoms with Gasteiger partial charge >= 0.3 is 37.1 Å². The van der Waals surface area contributed by atoms with E-state index >= 15 is 0 Å². The van der Waals surface area contributed by atoms with Gasteiger partial charge < -0.3 is 65.0 Å². The van der Waals surface area contributed by atoms with E-state index in [4.69, 9.17) is 57.6 Å². The smallest absolute Gasteiger partial charge is 0.398 e. The van der Waals surface area contributed by atoms with Crippen molar-refractivity contribution in [1.29, 1.82) is 0 Å². The van der Waals surface area contributed by atoms with Crippen LogP contribution in [0.25, 0.3) is 0 Å². The molecule has 0 aromatic heterocycles. The van der Waals surface area contributed by atoms with Crippen LogP contribution in [0.1, 0.15) is 108 Å². The van der Waals surface area contributed by atoms with E-state index in [0.29, 0.717) is 59.8 Å². The number of anilines is 6. The molecule has 12 nitrogen and oxygen atoms in total. The fourth-order valence-corrected chi connectivity index (χ4v) is 11.5. The second kappa shape index (κ2) is 27.5. The summed E-state index contributed by atoms with van der Waals surface area (Å²) in [5, 5.41) is 59.8. The first-order valence-corrected chi connectivity index (χ1v) is 30.2. The number of rotatable bonds is 12. The molecule has 6 unspecified atom stereocenters. The molecule has 0 fully saturated rings. The molecule has 0 saturated carbocycles. The highest BCUT2D eigenvalue weighted by Gasteiger charge is 2.57. The topological polar surface area (TPSA) is 278 Å². The molecule has 0 aliphatic carbocycles. The number of nitrogen functional groups attached to an aromatic ring is 6. The summed E-state index contributed by atoms with van der Waals surface area (Å²) in [5.41, 5.74) is 9.60. The molecule has 6 aromatic rings. The molecule has 36 heteroatoms. The third-order valence-electron chi connectivity index (χ3n) is 14.9. The number of halogens is 24. The van der Waals surface area contributed by atoms with Gasteiger partial charge in [-0.2, -0.15) is 79.0 Å². The van der Waals surface area contributed by atoms with E-state index in [1.54, 1.807) is 0 Å². The predicted molar refractivity (Wildman–Crippen MR) is 338 cm³/mol. The van der Waals surface area contributed by atoms with E-state index in [-0.39, 0.29) is 83.3 Å². The van der Waals surface area contributed by atoms with Gasteiger partial charge in [-0.3, -0.25) is 0 Å². The van der Waals surface area contributed by atoms with Gasteiger partial charge in [0.25, 0.3) is 0 Å². The molecule has 516 valence electrons. The molecule has 0 aliphatic rings. The van der Waals surface area contributed by atoms with Crippen LogP contribution >= 0.6 is 100 Å². The highest BCUT2D eigenvalue weighted by Crippen LogP contribution is 2.49. The normalized spacial score (nSPS) is 16.6. The van der Waals surface area contributed by atoms with E-state index in [1.807, 2.05) is 45.2 Å². The number of benzene rings is 6. The molecule has 0 bridgehead atoms. The lowest BCUT2D eigenvalue weighted by atomic mass is 9.88. The quantitative estimate of drug-likeness (QED) is 0.0310. The van der Waals surface area contributed by atoms with Gasteiger partial charge in [0, 0.05) is 100 Å². The van der Waals surface area contributed by atoms with Gasteiger partial charge in [-0.15, -0.1) is 0 Å². The van der Waals surface area contributed by atoms with Crippen molar-refractivity contribution < 1.29 is 110 Å². The molecule has 6 aromatic carbocycles. The van der Waals surface area contributed by atoms with Crippen LogP contribution in [0, 0.1) is 7.14 Å².